The zero-order valence-electron chi connectivity index (χ0n) is 8.86. The molecule has 1 heterocycles. The van der Waals surface area contributed by atoms with E-state index in [9.17, 15) is 9.90 Å². The van der Waals surface area contributed by atoms with Crippen molar-refractivity contribution in [2.24, 2.45) is 0 Å². The minimum Gasteiger partial charge on any atom is -0.465 e. The van der Waals surface area contributed by atoms with Gasteiger partial charge in [0.1, 0.15) is 5.76 Å². The highest BCUT2D eigenvalue weighted by Crippen LogP contribution is 2.02. The highest BCUT2D eigenvalue weighted by atomic mass is 16.3. The van der Waals surface area contributed by atoms with E-state index in [-0.39, 0.29) is 12.5 Å². The predicted molar refractivity (Wildman–Crippen MR) is 57.0 cm³/mol. The fourth-order valence-electron chi connectivity index (χ4n) is 0.906. The molecule has 4 heteroatoms. The average Bonchev–Trinajstić information content (AvgIpc) is 2.62. The molecule has 0 radical (unpaired) electrons. The first kappa shape index (κ1) is 11.5. The summed E-state index contributed by atoms with van der Waals surface area (Å²) in [7, 11) is 0. The first-order valence-corrected chi connectivity index (χ1v) is 4.69. The molecule has 2 N–H and O–H groups in total. The molecular weight excluding hydrogens is 194 g/mol. The van der Waals surface area contributed by atoms with Crippen LogP contribution in [0.15, 0.2) is 28.9 Å². The molecule has 82 valence electrons. The van der Waals surface area contributed by atoms with Crippen LogP contribution in [0.5, 0.6) is 0 Å². The molecule has 0 saturated carbocycles. The summed E-state index contributed by atoms with van der Waals surface area (Å²) in [4.78, 5) is 11.2. The van der Waals surface area contributed by atoms with E-state index < -0.39 is 5.60 Å². The van der Waals surface area contributed by atoms with Gasteiger partial charge in [-0.2, -0.15) is 0 Å². The Morgan fingerprint density at radius 3 is 2.93 bits per heavy atom. The summed E-state index contributed by atoms with van der Waals surface area (Å²) in [6.07, 6.45) is 4.47. The summed E-state index contributed by atoms with van der Waals surface area (Å²) in [6.45, 7) is 3.47. The minimum absolute atomic E-state index is 0.217. The van der Waals surface area contributed by atoms with E-state index >= 15 is 0 Å². The van der Waals surface area contributed by atoms with E-state index in [4.69, 9.17) is 4.42 Å². The number of aliphatic hydroxyl groups is 1. The zero-order valence-corrected chi connectivity index (χ0v) is 8.86. The number of carbonyl (C=O) groups is 1. The molecule has 4 nitrogen and oxygen atoms in total. The maximum absolute atomic E-state index is 11.2. The van der Waals surface area contributed by atoms with Crippen molar-refractivity contribution in [3.8, 4) is 0 Å². The molecule has 1 amide bonds. The van der Waals surface area contributed by atoms with E-state index in [0.717, 1.165) is 0 Å². The maximum atomic E-state index is 11.2. The molecule has 0 aliphatic rings. The molecule has 0 bridgehead atoms. The number of nitrogens with one attached hydrogen (secondary N) is 1. The summed E-state index contributed by atoms with van der Waals surface area (Å²) in [6, 6.07) is 3.49. The van der Waals surface area contributed by atoms with Gasteiger partial charge in [0.25, 0.3) is 0 Å². The van der Waals surface area contributed by atoms with Gasteiger partial charge in [0.05, 0.1) is 11.9 Å². The molecular formula is C11H15NO3. The Hall–Kier alpha value is -1.55. The molecule has 1 rings (SSSR count). The number of amides is 1. The number of rotatable bonds is 4. The van der Waals surface area contributed by atoms with Gasteiger partial charge in [-0.25, -0.2) is 0 Å². The molecule has 0 aromatic carbocycles. The minimum atomic E-state index is -0.895. The molecule has 0 aliphatic carbocycles. The van der Waals surface area contributed by atoms with Crippen molar-refractivity contribution in [1.29, 1.82) is 0 Å². The van der Waals surface area contributed by atoms with E-state index in [1.807, 2.05) is 0 Å². The Balaban J connectivity index is 2.37. The van der Waals surface area contributed by atoms with Gasteiger partial charge in [-0.1, -0.05) is 0 Å². The Labute approximate surface area is 88.6 Å². The molecule has 0 spiro atoms. The maximum Gasteiger partial charge on any atom is 0.244 e. The third-order valence-electron chi connectivity index (χ3n) is 1.64. The average molecular weight is 209 g/mol. The first-order chi connectivity index (χ1) is 6.97. The van der Waals surface area contributed by atoms with Gasteiger partial charge < -0.3 is 14.8 Å². The van der Waals surface area contributed by atoms with Gasteiger partial charge in [-0.3, -0.25) is 4.79 Å². The molecule has 15 heavy (non-hydrogen) atoms. The SMILES string of the molecule is CC(C)(O)CNC(=O)C=Cc1ccco1. The Bertz CT molecular complexity index is 333. The Morgan fingerprint density at radius 2 is 2.40 bits per heavy atom. The second kappa shape index (κ2) is 4.79. The number of furan rings is 1. The quantitative estimate of drug-likeness (QED) is 0.732. The lowest BCUT2D eigenvalue weighted by molar-refractivity contribution is -0.117. The van der Waals surface area contributed by atoms with Gasteiger partial charge in [0, 0.05) is 12.6 Å². The molecule has 0 aliphatic heterocycles. The second-order valence-corrected chi connectivity index (χ2v) is 3.88. The van der Waals surface area contributed by atoms with Gasteiger partial charge in [-0.05, 0) is 32.1 Å². The third-order valence-corrected chi connectivity index (χ3v) is 1.64. The predicted octanol–water partition coefficient (Wildman–Crippen LogP) is 1.18. The van der Waals surface area contributed by atoms with Crippen LogP contribution in [0, 0.1) is 0 Å². The van der Waals surface area contributed by atoms with Crippen molar-refractivity contribution < 1.29 is 14.3 Å². The van der Waals surface area contributed by atoms with Gasteiger partial charge >= 0.3 is 0 Å². The monoisotopic (exact) mass is 209 g/mol. The summed E-state index contributed by atoms with van der Waals surface area (Å²) in [5.41, 5.74) is -0.895. The van der Waals surface area contributed by atoms with Crippen LogP contribution in [0.2, 0.25) is 0 Å². The smallest absolute Gasteiger partial charge is 0.244 e. The number of hydrogen-bond donors (Lipinski definition) is 2. The molecule has 1 aromatic rings. The second-order valence-electron chi connectivity index (χ2n) is 3.88. The topological polar surface area (TPSA) is 62.5 Å². The third kappa shape index (κ3) is 5.02. The molecule has 0 saturated heterocycles. The van der Waals surface area contributed by atoms with E-state index in [0.29, 0.717) is 5.76 Å². The Kier molecular flexibility index (Phi) is 3.68. The van der Waals surface area contributed by atoms with Crippen LogP contribution in [-0.2, 0) is 4.79 Å². The summed E-state index contributed by atoms with van der Waals surface area (Å²) in [5, 5.41) is 11.9. The van der Waals surface area contributed by atoms with Crippen molar-refractivity contribution in [1.82, 2.24) is 5.32 Å². The lowest BCUT2D eigenvalue weighted by atomic mass is 10.1. The van der Waals surface area contributed by atoms with Crippen LogP contribution < -0.4 is 5.32 Å². The summed E-state index contributed by atoms with van der Waals surface area (Å²) < 4.78 is 5.01. The molecule has 0 fully saturated rings. The number of hydrogen-bond acceptors (Lipinski definition) is 3. The molecule has 0 atom stereocenters. The van der Waals surface area contributed by atoms with Crippen LogP contribution in [-0.4, -0.2) is 23.2 Å². The molecule has 1 aromatic heterocycles. The van der Waals surface area contributed by atoms with Crippen LogP contribution >= 0.6 is 0 Å². The fraction of sp³-hybridized carbons (Fsp3) is 0.364. The van der Waals surface area contributed by atoms with E-state index in [2.05, 4.69) is 5.32 Å². The number of carbonyl (C=O) groups excluding carboxylic acids is 1. The van der Waals surface area contributed by atoms with Crippen LogP contribution in [0.1, 0.15) is 19.6 Å². The van der Waals surface area contributed by atoms with Crippen molar-refractivity contribution in [3.63, 3.8) is 0 Å². The van der Waals surface area contributed by atoms with Gasteiger partial charge in [-0.15, -0.1) is 0 Å². The van der Waals surface area contributed by atoms with Crippen LogP contribution in [0.4, 0.5) is 0 Å². The largest absolute Gasteiger partial charge is 0.465 e. The van der Waals surface area contributed by atoms with Gasteiger partial charge in [0.2, 0.25) is 5.91 Å². The Morgan fingerprint density at radius 1 is 1.67 bits per heavy atom. The van der Waals surface area contributed by atoms with Crippen molar-refractivity contribution in [2.75, 3.05) is 6.54 Å². The fourth-order valence-corrected chi connectivity index (χ4v) is 0.906. The zero-order chi connectivity index (χ0) is 11.3. The highest BCUT2D eigenvalue weighted by Gasteiger charge is 2.12. The first-order valence-electron chi connectivity index (χ1n) is 4.69. The van der Waals surface area contributed by atoms with E-state index in [1.54, 1.807) is 32.1 Å². The standard InChI is InChI=1S/C11H15NO3/c1-11(2,14)8-12-10(13)6-5-9-4-3-7-15-9/h3-7,14H,8H2,1-2H3,(H,12,13). The molecule has 0 unspecified atom stereocenters. The highest BCUT2D eigenvalue weighted by molar-refractivity contribution is 5.91. The van der Waals surface area contributed by atoms with Crippen molar-refractivity contribution >= 4 is 12.0 Å². The lowest BCUT2D eigenvalue weighted by Gasteiger charge is -2.16. The van der Waals surface area contributed by atoms with E-state index in [1.165, 1.54) is 12.3 Å². The van der Waals surface area contributed by atoms with Crippen LogP contribution in [0.25, 0.3) is 6.08 Å². The summed E-state index contributed by atoms with van der Waals surface area (Å²) >= 11 is 0. The van der Waals surface area contributed by atoms with Crippen molar-refractivity contribution in [3.05, 3.63) is 30.2 Å². The normalized spacial score (nSPS) is 11.9. The van der Waals surface area contributed by atoms with Crippen molar-refractivity contribution in [2.45, 2.75) is 19.4 Å². The van der Waals surface area contributed by atoms with Crippen LogP contribution in [0.3, 0.4) is 0 Å². The summed E-state index contributed by atoms with van der Waals surface area (Å²) in [5.74, 6) is 0.363. The lowest BCUT2D eigenvalue weighted by Crippen LogP contribution is -2.37. The van der Waals surface area contributed by atoms with Gasteiger partial charge in [0.15, 0.2) is 0 Å².